The van der Waals surface area contributed by atoms with E-state index in [0.717, 1.165) is 18.4 Å². The Labute approximate surface area is 71.7 Å². The van der Waals surface area contributed by atoms with Crippen molar-refractivity contribution in [2.45, 2.75) is 44.7 Å². The maximum atomic E-state index is 5.47. The van der Waals surface area contributed by atoms with Gasteiger partial charge in [0.2, 0.25) is 0 Å². The Morgan fingerprint density at radius 1 is 1.36 bits per heavy atom. The molecule has 1 rings (SSSR count). The van der Waals surface area contributed by atoms with Crippen LogP contribution in [-0.4, -0.2) is 21.6 Å². The topological polar surface area (TPSA) is 9.23 Å². The average molecular weight is 172 g/mol. The predicted molar refractivity (Wildman–Crippen MR) is 51.7 cm³/mol. The van der Waals surface area contributed by atoms with Crippen LogP contribution in [0.3, 0.4) is 0 Å². The van der Waals surface area contributed by atoms with Gasteiger partial charge in [-0.1, -0.05) is 32.2 Å². The minimum absolute atomic E-state index is 0.494. The molecule has 0 aromatic rings. The SMILES string of the molecule is CCOC[SiH](C)C1CCCC1. The first kappa shape index (κ1) is 9.27. The van der Waals surface area contributed by atoms with Crippen molar-refractivity contribution in [1.82, 2.24) is 0 Å². The van der Waals surface area contributed by atoms with Gasteiger partial charge in [-0.05, 0) is 12.5 Å². The molecule has 1 nitrogen and oxygen atoms in total. The van der Waals surface area contributed by atoms with Gasteiger partial charge in [-0.25, -0.2) is 0 Å². The van der Waals surface area contributed by atoms with Crippen molar-refractivity contribution < 1.29 is 4.74 Å². The zero-order valence-electron chi connectivity index (χ0n) is 7.81. The first-order valence-electron chi connectivity index (χ1n) is 4.92. The van der Waals surface area contributed by atoms with E-state index >= 15 is 0 Å². The second kappa shape index (κ2) is 4.94. The third-order valence-corrected chi connectivity index (χ3v) is 5.83. The number of hydrogen-bond donors (Lipinski definition) is 0. The van der Waals surface area contributed by atoms with Gasteiger partial charge in [-0.15, -0.1) is 0 Å². The molecule has 0 heterocycles. The van der Waals surface area contributed by atoms with Crippen molar-refractivity contribution in [3.63, 3.8) is 0 Å². The predicted octanol–water partition coefficient (Wildman–Crippen LogP) is 2.36. The van der Waals surface area contributed by atoms with E-state index in [2.05, 4.69) is 13.5 Å². The minimum atomic E-state index is -0.494. The van der Waals surface area contributed by atoms with E-state index in [1.54, 1.807) is 0 Å². The van der Waals surface area contributed by atoms with Gasteiger partial charge in [-0.3, -0.25) is 0 Å². The molecule has 0 aromatic carbocycles. The Hall–Kier alpha value is 0.177. The van der Waals surface area contributed by atoms with Gasteiger partial charge in [0, 0.05) is 12.8 Å². The Morgan fingerprint density at radius 3 is 2.55 bits per heavy atom. The summed E-state index contributed by atoms with van der Waals surface area (Å²) < 4.78 is 5.47. The molecule has 0 radical (unpaired) electrons. The summed E-state index contributed by atoms with van der Waals surface area (Å²) in [4.78, 5) is 0. The molecule has 0 aromatic heterocycles. The fraction of sp³-hybridized carbons (Fsp3) is 1.00. The largest absolute Gasteiger partial charge is 0.385 e. The average Bonchev–Trinajstić information content (AvgIpc) is 2.52. The smallest absolute Gasteiger partial charge is 0.0677 e. The van der Waals surface area contributed by atoms with E-state index in [9.17, 15) is 0 Å². The van der Waals surface area contributed by atoms with Gasteiger partial charge in [0.1, 0.15) is 0 Å². The van der Waals surface area contributed by atoms with Crippen LogP contribution in [0.1, 0.15) is 32.6 Å². The first-order valence-corrected chi connectivity index (χ1v) is 7.56. The molecule has 1 saturated carbocycles. The van der Waals surface area contributed by atoms with E-state index < -0.39 is 8.80 Å². The summed E-state index contributed by atoms with van der Waals surface area (Å²) in [6, 6.07) is 0. The third-order valence-electron chi connectivity index (χ3n) is 2.79. The zero-order valence-corrected chi connectivity index (χ0v) is 8.96. The van der Waals surface area contributed by atoms with E-state index in [4.69, 9.17) is 4.74 Å². The lowest BCUT2D eigenvalue weighted by molar-refractivity contribution is 0.189. The zero-order chi connectivity index (χ0) is 8.10. The van der Waals surface area contributed by atoms with E-state index in [0.29, 0.717) is 0 Å². The van der Waals surface area contributed by atoms with Crippen LogP contribution in [0.2, 0.25) is 12.1 Å². The summed E-state index contributed by atoms with van der Waals surface area (Å²) >= 11 is 0. The fourth-order valence-electron chi connectivity index (χ4n) is 1.97. The summed E-state index contributed by atoms with van der Waals surface area (Å²) in [5, 5.41) is 0. The van der Waals surface area contributed by atoms with E-state index in [1.165, 1.54) is 25.7 Å². The maximum absolute atomic E-state index is 5.47. The van der Waals surface area contributed by atoms with Gasteiger partial charge in [-0.2, -0.15) is 0 Å². The molecule has 0 aliphatic heterocycles. The summed E-state index contributed by atoms with van der Waals surface area (Å²) in [5.41, 5.74) is 1.10. The van der Waals surface area contributed by atoms with E-state index in [-0.39, 0.29) is 0 Å². The van der Waals surface area contributed by atoms with Crippen molar-refractivity contribution in [2.24, 2.45) is 0 Å². The molecule has 66 valence electrons. The standard InChI is InChI=1S/C9H20OSi/c1-3-10-8-11(2)9-6-4-5-7-9/h9,11H,3-8H2,1-2H3. The number of hydrogen-bond acceptors (Lipinski definition) is 1. The lowest BCUT2D eigenvalue weighted by atomic mass is 10.4. The molecule has 2 heteroatoms. The normalized spacial score (nSPS) is 22.4. The van der Waals surface area contributed by atoms with Gasteiger partial charge in [0.25, 0.3) is 0 Å². The van der Waals surface area contributed by atoms with Gasteiger partial charge in [0.15, 0.2) is 0 Å². The van der Waals surface area contributed by atoms with Crippen LogP contribution >= 0.6 is 0 Å². The van der Waals surface area contributed by atoms with Crippen molar-refractivity contribution in [3.05, 3.63) is 0 Å². The van der Waals surface area contributed by atoms with Crippen LogP contribution in [0.15, 0.2) is 0 Å². The summed E-state index contributed by atoms with van der Waals surface area (Å²) in [7, 11) is -0.494. The molecule has 0 amide bonds. The molecule has 1 aliphatic rings. The second-order valence-electron chi connectivity index (χ2n) is 3.68. The highest BCUT2D eigenvalue weighted by atomic mass is 28.3. The molecule has 1 atom stereocenters. The first-order chi connectivity index (χ1) is 5.34. The molecule has 1 fully saturated rings. The van der Waals surface area contributed by atoms with Gasteiger partial charge < -0.3 is 4.74 Å². The Balaban J connectivity index is 2.12. The van der Waals surface area contributed by atoms with Gasteiger partial charge in [0.05, 0.1) is 8.80 Å². The lowest BCUT2D eigenvalue weighted by Gasteiger charge is -2.16. The Kier molecular flexibility index (Phi) is 4.16. The molecule has 1 aliphatic carbocycles. The highest BCUT2D eigenvalue weighted by Gasteiger charge is 2.22. The van der Waals surface area contributed by atoms with Crippen LogP contribution in [0.5, 0.6) is 0 Å². The van der Waals surface area contributed by atoms with Crippen LogP contribution in [0, 0.1) is 0 Å². The van der Waals surface area contributed by atoms with Crippen molar-refractivity contribution in [1.29, 1.82) is 0 Å². The summed E-state index contributed by atoms with van der Waals surface area (Å²) in [6.45, 7) is 5.46. The van der Waals surface area contributed by atoms with Crippen LogP contribution < -0.4 is 0 Å². The van der Waals surface area contributed by atoms with Crippen LogP contribution in [-0.2, 0) is 4.74 Å². The highest BCUT2D eigenvalue weighted by Crippen LogP contribution is 2.32. The molecule has 1 unspecified atom stereocenters. The van der Waals surface area contributed by atoms with E-state index in [1.807, 2.05) is 0 Å². The molecule has 0 N–H and O–H groups in total. The Morgan fingerprint density at radius 2 is 2.00 bits per heavy atom. The lowest BCUT2D eigenvalue weighted by Crippen LogP contribution is -2.21. The monoisotopic (exact) mass is 172 g/mol. The minimum Gasteiger partial charge on any atom is -0.385 e. The van der Waals surface area contributed by atoms with Crippen LogP contribution in [0.25, 0.3) is 0 Å². The molecular weight excluding hydrogens is 152 g/mol. The Bertz CT molecular complexity index is 99.7. The van der Waals surface area contributed by atoms with Crippen molar-refractivity contribution in [3.8, 4) is 0 Å². The molecule has 0 spiro atoms. The molecule has 11 heavy (non-hydrogen) atoms. The van der Waals surface area contributed by atoms with Gasteiger partial charge >= 0.3 is 0 Å². The van der Waals surface area contributed by atoms with Crippen molar-refractivity contribution >= 4 is 8.80 Å². The van der Waals surface area contributed by atoms with Crippen molar-refractivity contribution in [2.75, 3.05) is 12.8 Å². The second-order valence-corrected chi connectivity index (χ2v) is 6.91. The summed E-state index contributed by atoms with van der Waals surface area (Å²) in [6.07, 6.45) is 7.07. The molecular formula is C9H20OSi. The maximum Gasteiger partial charge on any atom is 0.0677 e. The number of ether oxygens (including phenoxy) is 1. The molecule has 0 saturated heterocycles. The van der Waals surface area contributed by atoms with Crippen LogP contribution in [0.4, 0.5) is 0 Å². The summed E-state index contributed by atoms with van der Waals surface area (Å²) in [5.74, 6) is 0. The molecule has 0 bridgehead atoms. The fourth-order valence-corrected chi connectivity index (χ4v) is 4.46. The number of rotatable bonds is 4. The third kappa shape index (κ3) is 2.95. The highest BCUT2D eigenvalue weighted by molar-refractivity contribution is 6.58. The quantitative estimate of drug-likeness (QED) is 0.592.